The fraction of sp³-hybridized carbons (Fsp3) is 0.588. The lowest BCUT2D eigenvalue weighted by molar-refractivity contribution is -0.123. The third kappa shape index (κ3) is 3.06. The zero-order valence-electron chi connectivity index (χ0n) is 11.4. The van der Waals surface area contributed by atoms with E-state index in [1.165, 1.54) is 11.1 Å². The van der Waals surface area contributed by atoms with E-state index in [-0.39, 0.29) is 5.92 Å². The first-order valence-electron chi connectivity index (χ1n) is 7.54. The molecule has 0 aromatic heterocycles. The highest BCUT2D eigenvalue weighted by Gasteiger charge is 2.25. The van der Waals surface area contributed by atoms with Crippen LogP contribution in [0, 0.1) is 5.92 Å². The van der Waals surface area contributed by atoms with Gasteiger partial charge in [-0.05, 0) is 49.7 Å². The van der Waals surface area contributed by atoms with Crippen molar-refractivity contribution in [1.29, 1.82) is 0 Å². The van der Waals surface area contributed by atoms with Crippen LogP contribution in [0.4, 0.5) is 0 Å². The molecule has 2 aliphatic rings. The fourth-order valence-corrected chi connectivity index (χ4v) is 3.35. The highest BCUT2D eigenvalue weighted by Crippen LogP contribution is 2.27. The van der Waals surface area contributed by atoms with E-state index in [9.17, 15) is 4.79 Å². The van der Waals surface area contributed by atoms with Crippen LogP contribution in [0.5, 0.6) is 0 Å². The van der Waals surface area contributed by atoms with Gasteiger partial charge in [-0.3, -0.25) is 4.79 Å². The molecule has 2 heteroatoms. The Labute approximate surface area is 115 Å². The van der Waals surface area contributed by atoms with Crippen LogP contribution in [-0.4, -0.2) is 18.5 Å². The minimum atomic E-state index is 0.247. The number of hydrogen-bond acceptors (Lipinski definition) is 2. The summed E-state index contributed by atoms with van der Waals surface area (Å²) in [6, 6.07) is 8.55. The number of aryl methyl sites for hydroxylation is 1. The molecular formula is C17H22O2. The molecule has 19 heavy (non-hydrogen) atoms. The Kier molecular flexibility index (Phi) is 3.97. The Morgan fingerprint density at radius 2 is 2.05 bits per heavy atom. The van der Waals surface area contributed by atoms with Crippen molar-refractivity contribution in [3.63, 3.8) is 0 Å². The van der Waals surface area contributed by atoms with Crippen molar-refractivity contribution in [3.05, 3.63) is 35.4 Å². The summed E-state index contributed by atoms with van der Waals surface area (Å²) in [5.74, 6) is 0.696. The number of carbonyl (C=O) groups excluding carboxylic acids is 1. The highest BCUT2D eigenvalue weighted by molar-refractivity contribution is 5.81. The van der Waals surface area contributed by atoms with Gasteiger partial charge >= 0.3 is 0 Å². The molecule has 1 aliphatic carbocycles. The number of ether oxygens (including phenoxy) is 1. The van der Waals surface area contributed by atoms with Crippen LogP contribution >= 0.6 is 0 Å². The number of Topliss-reactive ketones (excluding diaryl/α,β-unsaturated/α-hetero) is 1. The van der Waals surface area contributed by atoms with Gasteiger partial charge < -0.3 is 4.74 Å². The van der Waals surface area contributed by atoms with Crippen LogP contribution in [0.2, 0.25) is 0 Å². The van der Waals surface area contributed by atoms with Gasteiger partial charge in [0.05, 0.1) is 6.10 Å². The van der Waals surface area contributed by atoms with Crippen molar-refractivity contribution in [2.75, 3.05) is 6.61 Å². The minimum absolute atomic E-state index is 0.247. The van der Waals surface area contributed by atoms with Crippen LogP contribution in [-0.2, 0) is 22.4 Å². The summed E-state index contributed by atoms with van der Waals surface area (Å²) in [5.41, 5.74) is 2.81. The minimum Gasteiger partial charge on any atom is -0.378 e. The highest BCUT2D eigenvalue weighted by atomic mass is 16.5. The summed E-state index contributed by atoms with van der Waals surface area (Å²) in [6.07, 6.45) is 7.32. The van der Waals surface area contributed by atoms with E-state index in [1.54, 1.807) is 0 Å². The van der Waals surface area contributed by atoms with Crippen LogP contribution in [0.3, 0.4) is 0 Å². The summed E-state index contributed by atoms with van der Waals surface area (Å²) in [6.45, 7) is 0.885. The molecular weight excluding hydrogens is 236 g/mol. The molecule has 0 bridgehead atoms. The molecule has 0 N–H and O–H groups in total. The van der Waals surface area contributed by atoms with E-state index >= 15 is 0 Å². The standard InChI is InChI=1S/C17H22O2/c18-17(10-9-16-6-3-11-19-16)15-8-7-13-4-1-2-5-14(13)12-15/h1-2,4-5,15-16H,3,6-12H2. The average molecular weight is 258 g/mol. The summed E-state index contributed by atoms with van der Waals surface area (Å²) < 4.78 is 5.59. The van der Waals surface area contributed by atoms with Gasteiger partial charge in [-0.1, -0.05) is 24.3 Å². The molecule has 3 rings (SSSR count). The maximum Gasteiger partial charge on any atom is 0.136 e. The normalized spacial score (nSPS) is 26.1. The quantitative estimate of drug-likeness (QED) is 0.828. The summed E-state index contributed by atoms with van der Waals surface area (Å²) >= 11 is 0. The van der Waals surface area contributed by atoms with Crippen molar-refractivity contribution < 1.29 is 9.53 Å². The molecule has 1 aromatic carbocycles. The summed E-state index contributed by atoms with van der Waals surface area (Å²) in [4.78, 5) is 12.3. The van der Waals surface area contributed by atoms with E-state index in [0.29, 0.717) is 18.3 Å². The van der Waals surface area contributed by atoms with Crippen LogP contribution in [0.15, 0.2) is 24.3 Å². The summed E-state index contributed by atoms with van der Waals surface area (Å²) in [5, 5.41) is 0. The average Bonchev–Trinajstić information content (AvgIpc) is 2.97. The van der Waals surface area contributed by atoms with Gasteiger partial charge in [-0.25, -0.2) is 0 Å². The predicted octanol–water partition coefficient (Wildman–Crippen LogP) is 3.32. The van der Waals surface area contributed by atoms with E-state index in [1.807, 2.05) is 0 Å². The Morgan fingerprint density at radius 3 is 2.84 bits per heavy atom. The van der Waals surface area contributed by atoms with Crippen molar-refractivity contribution in [2.24, 2.45) is 5.92 Å². The first kappa shape index (κ1) is 12.9. The molecule has 0 radical (unpaired) electrons. The van der Waals surface area contributed by atoms with Crippen LogP contribution in [0.1, 0.15) is 43.2 Å². The van der Waals surface area contributed by atoms with Crippen molar-refractivity contribution in [3.8, 4) is 0 Å². The molecule has 2 unspecified atom stereocenters. The molecule has 2 nitrogen and oxygen atoms in total. The second kappa shape index (κ2) is 5.87. The van der Waals surface area contributed by atoms with E-state index in [2.05, 4.69) is 24.3 Å². The summed E-state index contributed by atoms with van der Waals surface area (Å²) in [7, 11) is 0. The molecule has 1 fully saturated rings. The van der Waals surface area contributed by atoms with E-state index in [0.717, 1.165) is 45.1 Å². The maximum absolute atomic E-state index is 12.3. The lowest BCUT2D eigenvalue weighted by Gasteiger charge is -2.23. The molecule has 1 saturated heterocycles. The van der Waals surface area contributed by atoms with E-state index < -0.39 is 0 Å². The van der Waals surface area contributed by atoms with Crippen molar-refractivity contribution in [2.45, 2.75) is 51.0 Å². The number of carbonyl (C=O) groups is 1. The molecule has 0 saturated carbocycles. The molecule has 102 valence electrons. The lowest BCUT2D eigenvalue weighted by atomic mass is 9.80. The lowest BCUT2D eigenvalue weighted by Crippen LogP contribution is -2.23. The van der Waals surface area contributed by atoms with Gasteiger partial charge in [0.2, 0.25) is 0 Å². The van der Waals surface area contributed by atoms with Gasteiger partial charge in [0.1, 0.15) is 5.78 Å². The number of benzene rings is 1. The Morgan fingerprint density at radius 1 is 1.21 bits per heavy atom. The third-order valence-electron chi connectivity index (χ3n) is 4.54. The zero-order valence-corrected chi connectivity index (χ0v) is 11.4. The topological polar surface area (TPSA) is 26.3 Å². The first-order valence-corrected chi connectivity index (χ1v) is 7.54. The molecule has 1 heterocycles. The predicted molar refractivity (Wildman–Crippen MR) is 75.2 cm³/mol. The number of ketones is 1. The fourth-order valence-electron chi connectivity index (χ4n) is 3.35. The molecule has 1 aromatic rings. The number of fused-ring (bicyclic) bond motifs is 1. The Bertz CT molecular complexity index is 446. The Hall–Kier alpha value is -1.15. The number of rotatable bonds is 4. The Balaban J connectivity index is 1.54. The third-order valence-corrected chi connectivity index (χ3v) is 4.54. The van der Waals surface area contributed by atoms with Gasteiger partial charge in [0, 0.05) is 18.9 Å². The second-order valence-corrected chi connectivity index (χ2v) is 5.85. The first-order chi connectivity index (χ1) is 9.33. The van der Waals surface area contributed by atoms with Crippen LogP contribution < -0.4 is 0 Å². The van der Waals surface area contributed by atoms with Gasteiger partial charge in [-0.15, -0.1) is 0 Å². The molecule has 1 aliphatic heterocycles. The van der Waals surface area contributed by atoms with Crippen molar-refractivity contribution >= 4 is 5.78 Å². The van der Waals surface area contributed by atoms with Crippen molar-refractivity contribution in [1.82, 2.24) is 0 Å². The van der Waals surface area contributed by atoms with Gasteiger partial charge in [0.15, 0.2) is 0 Å². The zero-order chi connectivity index (χ0) is 13.1. The largest absolute Gasteiger partial charge is 0.378 e. The van der Waals surface area contributed by atoms with Gasteiger partial charge in [0.25, 0.3) is 0 Å². The maximum atomic E-state index is 12.3. The van der Waals surface area contributed by atoms with Gasteiger partial charge in [-0.2, -0.15) is 0 Å². The SMILES string of the molecule is O=C(CCC1CCCO1)C1CCc2ccccc2C1. The van der Waals surface area contributed by atoms with E-state index in [4.69, 9.17) is 4.74 Å². The molecule has 0 spiro atoms. The second-order valence-electron chi connectivity index (χ2n) is 5.85. The van der Waals surface area contributed by atoms with Crippen LogP contribution in [0.25, 0.3) is 0 Å². The smallest absolute Gasteiger partial charge is 0.136 e. The molecule has 0 amide bonds. The number of hydrogen-bond donors (Lipinski definition) is 0. The monoisotopic (exact) mass is 258 g/mol. The molecule has 2 atom stereocenters.